The molecular weight excluding hydrogens is 334 g/mol. The molecule has 0 aliphatic heterocycles. The molecule has 10 heteroatoms. The molecule has 0 radical (unpaired) electrons. The minimum atomic E-state index is -4.85. The Morgan fingerprint density at radius 2 is 1.45 bits per heavy atom. The predicted octanol–water partition coefficient (Wildman–Crippen LogP) is 2.44. The lowest BCUT2D eigenvalue weighted by atomic mass is 10.0. The largest absolute Gasteiger partial charge is 0.416 e. The van der Waals surface area contributed by atoms with Gasteiger partial charge in [0.05, 0.1) is 11.1 Å². The van der Waals surface area contributed by atoms with Crippen molar-refractivity contribution >= 4 is 9.76 Å². The van der Waals surface area contributed by atoms with Crippen molar-refractivity contribution in [1.82, 2.24) is 0 Å². The number of rotatable bonds is 6. The number of hydrogen-bond donors (Lipinski definition) is 2. The van der Waals surface area contributed by atoms with E-state index in [1.165, 1.54) is 0 Å². The molecule has 22 heavy (non-hydrogen) atoms. The average molecular weight is 348 g/mol. The van der Waals surface area contributed by atoms with E-state index in [0.29, 0.717) is 24.6 Å². The van der Waals surface area contributed by atoms with Crippen molar-refractivity contribution in [2.75, 3.05) is 0 Å². The third kappa shape index (κ3) is 6.34. The molecule has 0 amide bonds. The highest BCUT2D eigenvalue weighted by Gasteiger charge is 2.36. The van der Waals surface area contributed by atoms with Gasteiger partial charge in [0.25, 0.3) is 6.48 Å². The summed E-state index contributed by atoms with van der Waals surface area (Å²) in [6, 6.07) is 1.87. The molecule has 2 N–H and O–H groups in total. The van der Waals surface area contributed by atoms with Gasteiger partial charge < -0.3 is 14.6 Å². The molecule has 1 aromatic rings. The maximum absolute atomic E-state index is 12.6. The number of halogens is 6. The Balaban J connectivity index is 2.81. The maximum atomic E-state index is 12.6. The molecule has 0 aromatic heterocycles. The predicted molar refractivity (Wildman–Crippen MR) is 67.4 cm³/mol. The summed E-state index contributed by atoms with van der Waals surface area (Å²) in [6.45, 7) is -1.89. The van der Waals surface area contributed by atoms with Gasteiger partial charge in [-0.3, -0.25) is 0 Å². The Hall–Kier alpha value is -1.10. The molecule has 0 bridgehead atoms. The highest BCUT2D eigenvalue weighted by atomic mass is 28.2. The molecule has 0 spiro atoms. The van der Waals surface area contributed by atoms with Crippen molar-refractivity contribution < 1.29 is 41.0 Å². The minimum Gasteiger partial charge on any atom is -0.379 e. The van der Waals surface area contributed by atoms with E-state index in [-0.39, 0.29) is 18.1 Å². The van der Waals surface area contributed by atoms with E-state index in [9.17, 15) is 26.3 Å². The van der Waals surface area contributed by atoms with Crippen LogP contribution in [0.25, 0.3) is 0 Å². The van der Waals surface area contributed by atoms with E-state index in [1.807, 2.05) is 0 Å². The summed E-state index contributed by atoms with van der Waals surface area (Å²) in [7, 11) is -1.27. The summed E-state index contributed by atoms with van der Waals surface area (Å²) in [6.07, 6.45) is -9.38. The van der Waals surface area contributed by atoms with Gasteiger partial charge in [-0.15, -0.1) is 0 Å². The summed E-state index contributed by atoms with van der Waals surface area (Å²) in [5, 5.41) is 16.9. The van der Waals surface area contributed by atoms with Crippen LogP contribution in [-0.4, -0.2) is 26.5 Å². The molecule has 0 heterocycles. The monoisotopic (exact) mass is 348 g/mol. The number of aliphatic hydroxyl groups is 2. The summed E-state index contributed by atoms with van der Waals surface area (Å²) >= 11 is 0. The van der Waals surface area contributed by atoms with Crippen LogP contribution in [0.15, 0.2) is 18.2 Å². The van der Waals surface area contributed by atoms with Gasteiger partial charge in [0.1, 0.15) is 0 Å². The van der Waals surface area contributed by atoms with Crippen molar-refractivity contribution in [3.8, 4) is 0 Å². The van der Waals surface area contributed by atoms with Gasteiger partial charge >= 0.3 is 12.4 Å². The van der Waals surface area contributed by atoms with Crippen LogP contribution in [-0.2, 0) is 23.2 Å². The molecular formula is C12H14F6O3Si. The van der Waals surface area contributed by atoms with Crippen LogP contribution in [0.5, 0.6) is 0 Å². The molecule has 1 rings (SSSR count). The number of aryl methyl sites for hydroxylation is 1. The van der Waals surface area contributed by atoms with Crippen LogP contribution in [0.4, 0.5) is 26.3 Å². The van der Waals surface area contributed by atoms with Crippen LogP contribution < -0.4 is 0 Å². The van der Waals surface area contributed by atoms with Gasteiger partial charge in [-0.25, -0.2) is 0 Å². The zero-order valence-corrected chi connectivity index (χ0v) is 12.6. The van der Waals surface area contributed by atoms with Crippen LogP contribution >= 0.6 is 0 Å². The molecule has 0 saturated heterocycles. The molecule has 0 aliphatic rings. The molecule has 126 valence electrons. The molecule has 0 fully saturated rings. The minimum absolute atomic E-state index is 0.0187. The van der Waals surface area contributed by atoms with E-state index in [0.717, 1.165) is 0 Å². The zero-order valence-electron chi connectivity index (χ0n) is 11.2. The van der Waals surface area contributed by atoms with Crippen LogP contribution in [0.2, 0.25) is 6.04 Å². The van der Waals surface area contributed by atoms with E-state index in [2.05, 4.69) is 4.43 Å². The van der Waals surface area contributed by atoms with Crippen molar-refractivity contribution in [2.24, 2.45) is 0 Å². The van der Waals surface area contributed by atoms with Crippen molar-refractivity contribution in [2.45, 2.75) is 37.7 Å². The van der Waals surface area contributed by atoms with Gasteiger partial charge in [-0.2, -0.15) is 26.3 Å². The van der Waals surface area contributed by atoms with Gasteiger partial charge in [0.15, 0.2) is 9.76 Å². The zero-order chi connectivity index (χ0) is 17.0. The van der Waals surface area contributed by atoms with Crippen molar-refractivity contribution in [3.63, 3.8) is 0 Å². The lowest BCUT2D eigenvalue weighted by Gasteiger charge is -2.14. The highest BCUT2D eigenvalue weighted by molar-refractivity contribution is 6.26. The smallest absolute Gasteiger partial charge is 0.379 e. The summed E-state index contributed by atoms with van der Waals surface area (Å²) in [4.78, 5) is 0. The lowest BCUT2D eigenvalue weighted by molar-refractivity contribution is -0.180. The summed E-state index contributed by atoms with van der Waals surface area (Å²) in [5.74, 6) is 0. The fraction of sp³-hybridized carbons (Fsp3) is 0.500. The van der Waals surface area contributed by atoms with Gasteiger partial charge in [0, 0.05) is 0 Å². The fourth-order valence-electron chi connectivity index (χ4n) is 1.78. The van der Waals surface area contributed by atoms with Gasteiger partial charge in [0.2, 0.25) is 0 Å². The van der Waals surface area contributed by atoms with E-state index < -0.39 is 39.7 Å². The summed E-state index contributed by atoms with van der Waals surface area (Å²) < 4.78 is 80.3. The van der Waals surface area contributed by atoms with Crippen molar-refractivity contribution in [1.29, 1.82) is 0 Å². The van der Waals surface area contributed by atoms with Crippen LogP contribution in [0.3, 0.4) is 0 Å². The van der Waals surface area contributed by atoms with Crippen LogP contribution in [0, 0.1) is 0 Å². The number of alkyl halides is 6. The molecule has 0 aliphatic carbocycles. The Morgan fingerprint density at radius 3 is 1.86 bits per heavy atom. The first-order valence-electron chi connectivity index (χ1n) is 6.26. The first kappa shape index (κ1) is 18.9. The first-order chi connectivity index (χ1) is 10.00. The second-order valence-electron chi connectivity index (χ2n) is 4.57. The molecule has 0 atom stereocenters. The second kappa shape index (κ2) is 7.44. The Bertz CT molecular complexity index is 454. The standard InChI is InChI=1S/C12H14F6O3Si/c13-11(14,15)8-4-7(2-1-3-22-21-10(19)20)5-9(6-8)12(16,17)18/h4-6,10,19-20H,1-3,22H2. The SMILES string of the molecule is OC(O)O[SiH2]CCCc1cc(C(F)(F)F)cc(C(F)(F)F)c1. The van der Waals surface area contributed by atoms with Crippen LogP contribution in [0.1, 0.15) is 23.1 Å². The molecule has 3 nitrogen and oxygen atoms in total. The summed E-state index contributed by atoms with van der Waals surface area (Å²) in [5.41, 5.74) is -2.74. The number of aliphatic hydroxyl groups excluding tert-OH is 1. The molecule has 1 aromatic carbocycles. The molecule has 0 saturated carbocycles. The van der Waals surface area contributed by atoms with Crippen molar-refractivity contribution in [3.05, 3.63) is 34.9 Å². The van der Waals surface area contributed by atoms with E-state index >= 15 is 0 Å². The third-order valence-electron chi connectivity index (χ3n) is 2.77. The van der Waals surface area contributed by atoms with Gasteiger partial charge in [-0.05, 0) is 36.2 Å². The second-order valence-corrected chi connectivity index (χ2v) is 6.02. The van der Waals surface area contributed by atoms with E-state index in [4.69, 9.17) is 10.2 Å². The number of benzene rings is 1. The highest BCUT2D eigenvalue weighted by Crippen LogP contribution is 2.36. The Kier molecular flexibility index (Phi) is 6.41. The topological polar surface area (TPSA) is 49.7 Å². The molecule has 0 unspecified atom stereocenters. The third-order valence-corrected chi connectivity index (χ3v) is 4.10. The van der Waals surface area contributed by atoms with E-state index in [1.54, 1.807) is 0 Å². The average Bonchev–Trinajstić information content (AvgIpc) is 2.35. The maximum Gasteiger partial charge on any atom is 0.416 e. The Labute approximate surface area is 124 Å². The Morgan fingerprint density at radius 1 is 0.955 bits per heavy atom. The normalized spacial score (nSPS) is 13.5. The number of hydrogen-bond acceptors (Lipinski definition) is 3. The lowest BCUT2D eigenvalue weighted by Crippen LogP contribution is -2.13. The fourth-order valence-corrected chi connectivity index (χ4v) is 2.62. The first-order valence-corrected chi connectivity index (χ1v) is 7.84. The quantitative estimate of drug-likeness (QED) is 0.359. The van der Waals surface area contributed by atoms with Gasteiger partial charge in [-0.1, -0.05) is 6.42 Å².